The number of hydrogen-bond donors (Lipinski definition) is 1. The van der Waals surface area contributed by atoms with Crippen LogP contribution in [0.2, 0.25) is 0 Å². The van der Waals surface area contributed by atoms with Crippen molar-refractivity contribution < 1.29 is 47.6 Å². The van der Waals surface area contributed by atoms with Gasteiger partial charge in [-0.25, -0.2) is 8.42 Å². The van der Waals surface area contributed by atoms with E-state index >= 15 is 0 Å². The fraction of sp³-hybridized carbons (Fsp3) is 1.00. The molecule has 0 amide bonds. The molecule has 0 aliphatic rings. The van der Waals surface area contributed by atoms with Crippen molar-refractivity contribution in [2.45, 2.75) is 103 Å². The van der Waals surface area contributed by atoms with E-state index in [2.05, 4.69) is 0 Å². The first-order valence-electron chi connectivity index (χ1n) is 9.07. The number of rotatable bonds is 16. The summed E-state index contributed by atoms with van der Waals surface area (Å²) in [6.07, 6.45) is 15.3. The third-order valence-electron chi connectivity index (χ3n) is 4.15. The molecule has 1 N–H and O–H groups in total. The third kappa shape index (κ3) is 22.9. The second kappa shape index (κ2) is 17.7. The molecule has 0 aromatic rings. The van der Waals surface area contributed by atoms with Crippen LogP contribution in [0.4, 0.5) is 0 Å². The molecule has 0 fully saturated rings. The van der Waals surface area contributed by atoms with Crippen molar-refractivity contribution in [2.75, 3.05) is 5.75 Å². The van der Waals surface area contributed by atoms with Gasteiger partial charge in [-0.15, -0.1) is 0 Å². The van der Waals surface area contributed by atoms with Crippen LogP contribution in [0, 0.1) is 0 Å². The Morgan fingerprint density at radius 2 is 1.13 bits per heavy atom. The Labute approximate surface area is 165 Å². The molecule has 0 rings (SSSR count). The van der Waals surface area contributed by atoms with Gasteiger partial charge >= 0.3 is 29.6 Å². The average Bonchev–Trinajstić information content (AvgIpc) is 2.46. The van der Waals surface area contributed by atoms with Gasteiger partial charge in [-0.1, -0.05) is 77.6 Å². The van der Waals surface area contributed by atoms with Crippen molar-refractivity contribution >= 4 is 10.1 Å². The maximum atomic E-state index is 10.4. The number of aliphatic hydroxyl groups excluding tert-OH is 1. The molecular weight excluding hydrogens is 323 g/mol. The first-order chi connectivity index (χ1) is 10.5. The maximum Gasteiger partial charge on any atom is 1.00 e. The summed E-state index contributed by atoms with van der Waals surface area (Å²) >= 11 is 0. The van der Waals surface area contributed by atoms with Crippen LogP contribution in [0.1, 0.15) is 96.8 Å². The Hall–Kier alpha value is 0.870. The van der Waals surface area contributed by atoms with Gasteiger partial charge in [-0.2, -0.15) is 0 Å². The van der Waals surface area contributed by atoms with Crippen molar-refractivity contribution in [1.29, 1.82) is 0 Å². The monoisotopic (exact) mass is 358 g/mol. The molecular formula is C17H35NaO4S. The van der Waals surface area contributed by atoms with Crippen molar-refractivity contribution in [3.63, 3.8) is 0 Å². The molecule has 0 saturated carbocycles. The summed E-state index contributed by atoms with van der Waals surface area (Å²) in [5.74, 6) is -0.206. The molecule has 6 heteroatoms. The van der Waals surface area contributed by atoms with Crippen LogP contribution in [-0.4, -0.2) is 29.9 Å². The minimum Gasteiger partial charge on any atom is -0.748 e. The minimum absolute atomic E-state index is 0. The summed E-state index contributed by atoms with van der Waals surface area (Å²) in [6, 6.07) is 0. The number of aliphatic hydroxyl groups is 1. The molecule has 0 aliphatic carbocycles. The molecule has 1 unspecified atom stereocenters. The molecule has 23 heavy (non-hydrogen) atoms. The van der Waals surface area contributed by atoms with Crippen LogP contribution in [0.25, 0.3) is 0 Å². The third-order valence-corrected chi connectivity index (χ3v) is 4.94. The average molecular weight is 359 g/mol. The van der Waals surface area contributed by atoms with Crippen molar-refractivity contribution in [3.8, 4) is 0 Å². The largest absolute Gasteiger partial charge is 1.00 e. The Morgan fingerprint density at radius 1 is 0.783 bits per heavy atom. The van der Waals surface area contributed by atoms with E-state index in [1.165, 1.54) is 44.9 Å². The van der Waals surface area contributed by atoms with E-state index in [4.69, 9.17) is 0 Å². The van der Waals surface area contributed by atoms with Crippen LogP contribution in [0.5, 0.6) is 0 Å². The summed E-state index contributed by atoms with van der Waals surface area (Å²) in [5, 5.41) is 9.43. The van der Waals surface area contributed by atoms with Gasteiger partial charge in [-0.3, -0.25) is 0 Å². The van der Waals surface area contributed by atoms with Gasteiger partial charge in [0.2, 0.25) is 0 Å². The van der Waals surface area contributed by atoms with E-state index in [1.807, 2.05) is 6.92 Å². The normalized spacial score (nSPS) is 12.8. The van der Waals surface area contributed by atoms with Crippen LogP contribution in [0.3, 0.4) is 0 Å². The molecule has 134 valence electrons. The van der Waals surface area contributed by atoms with E-state index in [0.717, 1.165) is 38.5 Å². The molecule has 0 radical (unpaired) electrons. The fourth-order valence-electron chi connectivity index (χ4n) is 2.63. The molecule has 4 nitrogen and oxygen atoms in total. The second-order valence-electron chi connectivity index (χ2n) is 6.36. The standard InChI is InChI=1S/C17H36O4S.Na/c1-2-17(18)15-13-11-9-7-5-3-4-6-8-10-12-14-16-22(19,20)21;/h17-18H,2-16H2,1H3,(H,19,20,21);/q;+1/p-1. The van der Waals surface area contributed by atoms with E-state index in [0.29, 0.717) is 6.42 Å². The molecule has 0 aromatic carbocycles. The smallest absolute Gasteiger partial charge is 0.748 e. The van der Waals surface area contributed by atoms with Crippen molar-refractivity contribution in [3.05, 3.63) is 0 Å². The van der Waals surface area contributed by atoms with Gasteiger partial charge in [0.25, 0.3) is 0 Å². The quantitative estimate of drug-likeness (QED) is 0.257. The molecule has 0 aromatic heterocycles. The van der Waals surface area contributed by atoms with Gasteiger partial charge in [0.05, 0.1) is 16.2 Å². The first kappa shape index (κ1) is 26.1. The topological polar surface area (TPSA) is 77.4 Å². The van der Waals surface area contributed by atoms with Gasteiger partial charge in [0.1, 0.15) is 0 Å². The SMILES string of the molecule is CCC(O)CCCCCCCCCCCCCCS(=O)(=O)[O-].[Na+]. The van der Waals surface area contributed by atoms with Gasteiger partial charge in [-0.05, 0) is 19.3 Å². The number of unbranched alkanes of at least 4 members (excludes halogenated alkanes) is 11. The summed E-state index contributed by atoms with van der Waals surface area (Å²) in [4.78, 5) is 0. The Bertz CT molecular complexity index is 333. The molecule has 0 spiro atoms. The zero-order valence-corrected chi connectivity index (χ0v) is 18.1. The van der Waals surface area contributed by atoms with Gasteiger partial charge in [0.15, 0.2) is 0 Å². The zero-order chi connectivity index (χ0) is 16.7. The van der Waals surface area contributed by atoms with Gasteiger partial charge in [0, 0.05) is 5.75 Å². The van der Waals surface area contributed by atoms with Crippen molar-refractivity contribution in [2.24, 2.45) is 0 Å². The molecule has 0 saturated heterocycles. The Kier molecular flexibility index (Phi) is 20.1. The summed E-state index contributed by atoms with van der Waals surface area (Å²) in [7, 11) is -4.01. The van der Waals surface area contributed by atoms with E-state index < -0.39 is 10.1 Å². The van der Waals surface area contributed by atoms with Crippen LogP contribution < -0.4 is 29.6 Å². The van der Waals surface area contributed by atoms with E-state index in [1.54, 1.807) is 0 Å². The van der Waals surface area contributed by atoms with Crippen molar-refractivity contribution in [1.82, 2.24) is 0 Å². The van der Waals surface area contributed by atoms with Crippen LogP contribution in [-0.2, 0) is 10.1 Å². The Balaban J connectivity index is 0. The number of hydrogen-bond acceptors (Lipinski definition) is 4. The van der Waals surface area contributed by atoms with E-state index in [9.17, 15) is 18.1 Å². The summed E-state index contributed by atoms with van der Waals surface area (Å²) in [6.45, 7) is 2.02. The van der Waals surface area contributed by atoms with Gasteiger partial charge < -0.3 is 9.66 Å². The molecule has 0 aliphatic heterocycles. The molecule has 0 bridgehead atoms. The summed E-state index contributed by atoms with van der Waals surface area (Å²) in [5.41, 5.74) is 0. The molecule has 0 heterocycles. The fourth-order valence-corrected chi connectivity index (χ4v) is 3.19. The predicted molar refractivity (Wildman–Crippen MR) is 90.9 cm³/mol. The summed E-state index contributed by atoms with van der Waals surface area (Å²) < 4.78 is 31.2. The zero-order valence-electron chi connectivity index (χ0n) is 15.3. The second-order valence-corrected chi connectivity index (χ2v) is 7.88. The van der Waals surface area contributed by atoms with E-state index in [-0.39, 0.29) is 41.4 Å². The van der Waals surface area contributed by atoms with Crippen LogP contribution >= 0.6 is 0 Å². The predicted octanol–water partition coefficient (Wildman–Crippen LogP) is 1.38. The minimum atomic E-state index is -4.01. The maximum absolute atomic E-state index is 10.4. The van der Waals surface area contributed by atoms with Crippen LogP contribution in [0.15, 0.2) is 0 Å². The Morgan fingerprint density at radius 3 is 1.48 bits per heavy atom. The molecule has 1 atom stereocenters. The first-order valence-corrected chi connectivity index (χ1v) is 10.6.